The van der Waals surface area contributed by atoms with Crippen LogP contribution in [0.5, 0.6) is 0 Å². The van der Waals surface area contributed by atoms with Crippen LogP contribution in [0.15, 0.2) is 24.3 Å². The van der Waals surface area contributed by atoms with Crippen molar-refractivity contribution in [3.8, 4) is 10.6 Å². The molecule has 1 heterocycles. The Labute approximate surface area is 130 Å². The van der Waals surface area contributed by atoms with E-state index in [-0.39, 0.29) is 5.91 Å². The van der Waals surface area contributed by atoms with Crippen LogP contribution in [0.3, 0.4) is 0 Å². The molecule has 0 atom stereocenters. The number of hydrogen-bond donors (Lipinski definition) is 1. The van der Waals surface area contributed by atoms with Gasteiger partial charge in [-0.2, -0.15) is 0 Å². The van der Waals surface area contributed by atoms with Crippen molar-refractivity contribution < 1.29 is 4.79 Å². The third-order valence-corrected chi connectivity index (χ3v) is 4.57. The summed E-state index contributed by atoms with van der Waals surface area (Å²) in [7, 11) is 0. The molecule has 0 saturated carbocycles. The maximum atomic E-state index is 11.9. The molecule has 1 N–H and O–H groups in total. The average molecular weight is 302 g/mol. The van der Waals surface area contributed by atoms with E-state index in [1.807, 2.05) is 6.92 Å². The summed E-state index contributed by atoms with van der Waals surface area (Å²) in [5, 5.41) is 3.95. The molecule has 0 unspecified atom stereocenters. The highest BCUT2D eigenvalue weighted by Gasteiger charge is 2.12. The van der Waals surface area contributed by atoms with Gasteiger partial charge in [-0.25, -0.2) is 4.98 Å². The Morgan fingerprint density at radius 3 is 2.62 bits per heavy atom. The van der Waals surface area contributed by atoms with Gasteiger partial charge in [0, 0.05) is 17.0 Å². The normalized spacial score (nSPS) is 10.6. The molecule has 1 amide bonds. The zero-order chi connectivity index (χ0) is 15.2. The maximum absolute atomic E-state index is 11.9. The van der Waals surface area contributed by atoms with Crippen molar-refractivity contribution in [1.82, 2.24) is 10.3 Å². The molecule has 2 aromatic rings. The Balaban J connectivity index is 2.05. The van der Waals surface area contributed by atoms with Crippen LogP contribution in [0.1, 0.15) is 35.9 Å². The van der Waals surface area contributed by atoms with Crippen molar-refractivity contribution in [2.45, 2.75) is 40.0 Å². The fraction of sp³-hybridized carbons (Fsp3) is 0.412. The van der Waals surface area contributed by atoms with Crippen molar-refractivity contribution in [1.29, 1.82) is 0 Å². The highest BCUT2D eigenvalue weighted by molar-refractivity contribution is 7.15. The monoisotopic (exact) mass is 302 g/mol. The molecule has 3 nitrogen and oxygen atoms in total. The van der Waals surface area contributed by atoms with E-state index in [1.165, 1.54) is 5.56 Å². The summed E-state index contributed by atoms with van der Waals surface area (Å²) in [6.07, 6.45) is 2.55. The molecule has 0 aliphatic carbocycles. The number of aromatic nitrogens is 1. The fourth-order valence-corrected chi connectivity index (χ4v) is 3.09. The summed E-state index contributed by atoms with van der Waals surface area (Å²) in [5.74, 6) is 0.0886. The number of benzene rings is 1. The standard InChI is InChI=1S/C17H22N2OS/c1-4-5-10-18-16(20)11-15-13(3)19-17(21-15)14-8-6-12(2)7-9-14/h6-9H,4-5,10-11H2,1-3H3,(H,18,20). The topological polar surface area (TPSA) is 42.0 Å². The zero-order valence-electron chi connectivity index (χ0n) is 12.9. The van der Waals surface area contributed by atoms with Gasteiger partial charge < -0.3 is 5.32 Å². The lowest BCUT2D eigenvalue weighted by Gasteiger charge is -2.02. The number of nitrogens with one attached hydrogen (secondary N) is 1. The Kier molecular flexibility index (Phi) is 5.51. The number of carbonyl (C=O) groups excluding carboxylic acids is 1. The summed E-state index contributed by atoms with van der Waals surface area (Å²) in [6.45, 7) is 6.93. The van der Waals surface area contributed by atoms with E-state index in [0.29, 0.717) is 6.42 Å². The molecule has 0 fully saturated rings. The first-order chi connectivity index (χ1) is 10.1. The quantitative estimate of drug-likeness (QED) is 0.823. The van der Waals surface area contributed by atoms with Crippen LogP contribution in [-0.4, -0.2) is 17.4 Å². The first-order valence-corrected chi connectivity index (χ1v) is 8.22. The second kappa shape index (κ2) is 7.36. The van der Waals surface area contributed by atoms with Gasteiger partial charge in [0.25, 0.3) is 0 Å². The lowest BCUT2D eigenvalue weighted by Crippen LogP contribution is -2.25. The van der Waals surface area contributed by atoms with Crippen molar-refractivity contribution in [2.24, 2.45) is 0 Å². The zero-order valence-corrected chi connectivity index (χ0v) is 13.7. The summed E-state index contributed by atoms with van der Waals surface area (Å²) < 4.78 is 0. The van der Waals surface area contributed by atoms with E-state index >= 15 is 0 Å². The number of unbranched alkanes of at least 4 members (excludes halogenated alkanes) is 1. The lowest BCUT2D eigenvalue weighted by atomic mass is 10.2. The molecule has 1 aromatic carbocycles. The van der Waals surface area contributed by atoms with Crippen molar-refractivity contribution in [2.75, 3.05) is 6.54 Å². The number of amides is 1. The van der Waals surface area contributed by atoms with Crippen molar-refractivity contribution in [3.05, 3.63) is 40.4 Å². The number of hydrogen-bond acceptors (Lipinski definition) is 3. The van der Waals surface area contributed by atoms with Gasteiger partial charge in [-0.15, -0.1) is 11.3 Å². The van der Waals surface area contributed by atoms with Gasteiger partial charge in [0.2, 0.25) is 5.91 Å². The SMILES string of the molecule is CCCCNC(=O)Cc1sc(-c2ccc(C)cc2)nc1C. The highest BCUT2D eigenvalue weighted by Crippen LogP contribution is 2.28. The van der Waals surface area contributed by atoms with Crippen LogP contribution in [0.2, 0.25) is 0 Å². The van der Waals surface area contributed by atoms with E-state index < -0.39 is 0 Å². The van der Waals surface area contributed by atoms with Crippen molar-refractivity contribution in [3.63, 3.8) is 0 Å². The van der Waals surface area contributed by atoms with Gasteiger partial charge in [-0.05, 0) is 20.3 Å². The second-order valence-corrected chi connectivity index (χ2v) is 6.36. The average Bonchev–Trinajstić information content (AvgIpc) is 2.81. The Morgan fingerprint density at radius 2 is 1.95 bits per heavy atom. The van der Waals surface area contributed by atoms with Crippen LogP contribution in [0.4, 0.5) is 0 Å². The van der Waals surface area contributed by atoms with E-state index in [4.69, 9.17) is 0 Å². The second-order valence-electron chi connectivity index (χ2n) is 5.27. The minimum Gasteiger partial charge on any atom is -0.356 e. The predicted molar refractivity (Wildman–Crippen MR) is 88.6 cm³/mol. The van der Waals surface area contributed by atoms with E-state index in [2.05, 4.69) is 48.4 Å². The van der Waals surface area contributed by atoms with Gasteiger partial charge in [0.1, 0.15) is 5.01 Å². The smallest absolute Gasteiger partial charge is 0.225 e. The molecule has 2 rings (SSSR count). The van der Waals surface area contributed by atoms with Gasteiger partial charge in [0.15, 0.2) is 0 Å². The molecule has 0 bridgehead atoms. The number of rotatable bonds is 6. The first kappa shape index (κ1) is 15.7. The van der Waals surface area contributed by atoms with E-state index in [0.717, 1.165) is 40.5 Å². The third-order valence-electron chi connectivity index (χ3n) is 3.36. The van der Waals surface area contributed by atoms with E-state index in [9.17, 15) is 4.79 Å². The molecular weight excluding hydrogens is 280 g/mol. The molecule has 0 aliphatic rings. The Bertz CT molecular complexity index is 602. The van der Waals surface area contributed by atoms with Crippen LogP contribution in [0.25, 0.3) is 10.6 Å². The third kappa shape index (κ3) is 4.39. The molecule has 0 spiro atoms. The molecule has 0 radical (unpaired) electrons. The molecular formula is C17H22N2OS. The molecule has 1 aromatic heterocycles. The van der Waals surface area contributed by atoms with Gasteiger partial charge in [0.05, 0.1) is 12.1 Å². The van der Waals surface area contributed by atoms with Gasteiger partial charge in [-0.1, -0.05) is 43.2 Å². The van der Waals surface area contributed by atoms with E-state index in [1.54, 1.807) is 11.3 Å². The summed E-state index contributed by atoms with van der Waals surface area (Å²) in [4.78, 5) is 17.6. The van der Waals surface area contributed by atoms with Crippen LogP contribution in [0, 0.1) is 13.8 Å². The van der Waals surface area contributed by atoms with Gasteiger partial charge >= 0.3 is 0 Å². The highest BCUT2D eigenvalue weighted by atomic mass is 32.1. The summed E-state index contributed by atoms with van der Waals surface area (Å²) in [5.41, 5.74) is 3.31. The minimum absolute atomic E-state index is 0.0886. The Morgan fingerprint density at radius 1 is 1.24 bits per heavy atom. The Hall–Kier alpha value is -1.68. The largest absolute Gasteiger partial charge is 0.356 e. The number of nitrogens with zero attached hydrogens (tertiary/aromatic N) is 1. The number of thiazole rings is 1. The summed E-state index contributed by atoms with van der Waals surface area (Å²) >= 11 is 1.61. The lowest BCUT2D eigenvalue weighted by molar-refractivity contribution is -0.120. The first-order valence-electron chi connectivity index (χ1n) is 7.40. The van der Waals surface area contributed by atoms with Crippen LogP contribution >= 0.6 is 11.3 Å². The number of carbonyl (C=O) groups is 1. The van der Waals surface area contributed by atoms with Gasteiger partial charge in [-0.3, -0.25) is 4.79 Å². The van der Waals surface area contributed by atoms with Crippen LogP contribution in [-0.2, 0) is 11.2 Å². The minimum atomic E-state index is 0.0886. The van der Waals surface area contributed by atoms with Crippen LogP contribution < -0.4 is 5.32 Å². The molecule has 112 valence electrons. The molecule has 0 saturated heterocycles. The maximum Gasteiger partial charge on any atom is 0.225 e. The number of aryl methyl sites for hydroxylation is 2. The molecule has 0 aliphatic heterocycles. The fourth-order valence-electron chi connectivity index (χ4n) is 2.02. The molecule has 21 heavy (non-hydrogen) atoms. The molecule has 4 heteroatoms. The predicted octanol–water partition coefficient (Wildman–Crippen LogP) is 3.89. The van der Waals surface area contributed by atoms with Crippen molar-refractivity contribution >= 4 is 17.2 Å². The summed E-state index contributed by atoms with van der Waals surface area (Å²) in [6, 6.07) is 8.34.